The number of hydrogen-bond donors (Lipinski definition) is 0. The maximum Gasteiger partial charge on any atom is 0.293 e. The van der Waals surface area contributed by atoms with Crippen LogP contribution in [0.1, 0.15) is 36.2 Å². The molecule has 1 saturated heterocycles. The van der Waals surface area contributed by atoms with Crippen molar-refractivity contribution in [3.63, 3.8) is 0 Å². The molecule has 32 heavy (non-hydrogen) atoms. The van der Waals surface area contributed by atoms with Crippen LogP contribution in [0.4, 0.5) is 11.4 Å². The first kappa shape index (κ1) is 23.4. The third kappa shape index (κ3) is 5.50. The second kappa shape index (κ2) is 10.9. The van der Waals surface area contributed by atoms with E-state index in [1.54, 1.807) is 36.4 Å². The molecule has 8 nitrogen and oxygen atoms in total. The van der Waals surface area contributed by atoms with Gasteiger partial charge in [0.2, 0.25) is 5.91 Å². The Balaban J connectivity index is 1.75. The van der Waals surface area contributed by atoms with Crippen molar-refractivity contribution in [1.82, 2.24) is 9.80 Å². The van der Waals surface area contributed by atoms with E-state index in [4.69, 9.17) is 0 Å². The molecule has 0 aromatic heterocycles. The van der Waals surface area contributed by atoms with Gasteiger partial charge in [0.05, 0.1) is 11.5 Å². The van der Waals surface area contributed by atoms with Crippen LogP contribution >= 0.6 is 0 Å². The van der Waals surface area contributed by atoms with Gasteiger partial charge in [-0.3, -0.25) is 24.6 Å². The van der Waals surface area contributed by atoms with E-state index in [1.807, 2.05) is 29.7 Å². The fourth-order valence-electron chi connectivity index (χ4n) is 4.07. The van der Waals surface area contributed by atoms with Crippen molar-refractivity contribution in [1.29, 1.82) is 0 Å². The minimum absolute atomic E-state index is 0.0700. The summed E-state index contributed by atoms with van der Waals surface area (Å²) in [5.74, 6) is -0.129. The quantitative estimate of drug-likeness (QED) is 0.357. The summed E-state index contributed by atoms with van der Waals surface area (Å²) < 4.78 is 0. The number of ketones is 1. The summed E-state index contributed by atoms with van der Waals surface area (Å²) >= 11 is 0. The highest BCUT2D eigenvalue weighted by Crippen LogP contribution is 2.31. The van der Waals surface area contributed by atoms with Gasteiger partial charge in [-0.2, -0.15) is 0 Å². The molecule has 1 fully saturated rings. The van der Waals surface area contributed by atoms with E-state index < -0.39 is 4.92 Å². The zero-order chi connectivity index (χ0) is 23.1. The lowest BCUT2D eigenvalue weighted by Gasteiger charge is -2.25. The molecule has 0 unspecified atom stereocenters. The summed E-state index contributed by atoms with van der Waals surface area (Å²) in [6.07, 6.45) is 0.799. The normalized spacial score (nSPS) is 14.6. The van der Waals surface area contributed by atoms with Gasteiger partial charge in [-0.1, -0.05) is 30.3 Å². The van der Waals surface area contributed by atoms with E-state index in [2.05, 4.69) is 4.90 Å². The van der Waals surface area contributed by atoms with E-state index in [1.165, 1.54) is 6.07 Å². The Morgan fingerprint density at radius 3 is 2.34 bits per heavy atom. The third-order valence-corrected chi connectivity index (χ3v) is 5.87. The molecule has 2 aromatic rings. The van der Waals surface area contributed by atoms with Gasteiger partial charge in [0.1, 0.15) is 5.69 Å². The second-order valence-electron chi connectivity index (χ2n) is 7.84. The molecule has 3 rings (SSSR count). The maximum atomic E-state index is 12.7. The molecule has 2 aromatic carbocycles. The Morgan fingerprint density at radius 1 is 0.969 bits per heavy atom. The van der Waals surface area contributed by atoms with Gasteiger partial charge < -0.3 is 9.80 Å². The van der Waals surface area contributed by atoms with E-state index in [9.17, 15) is 19.7 Å². The van der Waals surface area contributed by atoms with Crippen molar-refractivity contribution >= 4 is 23.1 Å². The van der Waals surface area contributed by atoms with Gasteiger partial charge in [0, 0.05) is 56.5 Å². The smallest absolute Gasteiger partial charge is 0.293 e. The Labute approximate surface area is 188 Å². The van der Waals surface area contributed by atoms with Gasteiger partial charge in [-0.15, -0.1) is 0 Å². The molecular weight excluding hydrogens is 408 g/mol. The zero-order valence-electron chi connectivity index (χ0n) is 18.7. The third-order valence-electron chi connectivity index (χ3n) is 5.87. The Hall–Kier alpha value is -3.26. The van der Waals surface area contributed by atoms with Crippen LogP contribution < -0.4 is 4.90 Å². The van der Waals surface area contributed by atoms with Crippen LogP contribution in [0.25, 0.3) is 0 Å². The summed E-state index contributed by atoms with van der Waals surface area (Å²) in [5.41, 5.74) is 1.24. The van der Waals surface area contributed by atoms with Crippen molar-refractivity contribution in [2.45, 2.75) is 20.3 Å². The highest BCUT2D eigenvalue weighted by Gasteiger charge is 2.25. The number of likely N-dealkylation sites (N-methyl/N-ethyl adjacent to an activating group) is 1. The van der Waals surface area contributed by atoms with Crippen LogP contribution in [0.5, 0.6) is 0 Å². The molecule has 1 amide bonds. The largest absolute Gasteiger partial charge is 0.365 e. The molecule has 170 valence electrons. The zero-order valence-corrected chi connectivity index (χ0v) is 18.7. The Morgan fingerprint density at radius 2 is 1.69 bits per heavy atom. The van der Waals surface area contributed by atoms with Crippen LogP contribution in [0, 0.1) is 10.1 Å². The molecule has 1 heterocycles. The average Bonchev–Trinajstić information content (AvgIpc) is 3.05. The standard InChI is InChI=1S/C24H30N4O4/c1-3-26(4-2)23(29)18-25-13-8-14-27(16-15-25)21-12-11-20(17-22(21)28(31)32)24(30)19-9-6-5-7-10-19/h5-7,9-12,17H,3-4,8,13-16,18H2,1-2H3. The fourth-order valence-corrected chi connectivity index (χ4v) is 4.07. The predicted molar refractivity (Wildman–Crippen MR) is 124 cm³/mol. The molecule has 0 spiro atoms. The number of anilines is 1. The van der Waals surface area contributed by atoms with Crippen molar-refractivity contribution < 1.29 is 14.5 Å². The Kier molecular flexibility index (Phi) is 7.94. The number of carbonyl (C=O) groups excluding carboxylic acids is 2. The lowest BCUT2D eigenvalue weighted by Crippen LogP contribution is -2.41. The number of carbonyl (C=O) groups is 2. The lowest BCUT2D eigenvalue weighted by molar-refractivity contribution is -0.384. The Bertz CT molecular complexity index is 960. The first-order chi connectivity index (χ1) is 15.4. The number of hydrogen-bond acceptors (Lipinski definition) is 6. The molecule has 1 aliphatic rings. The summed E-state index contributed by atoms with van der Waals surface area (Å²) in [4.78, 5) is 42.5. The number of rotatable bonds is 8. The van der Waals surface area contributed by atoms with Crippen LogP contribution in [-0.2, 0) is 4.79 Å². The molecular formula is C24H30N4O4. The number of nitro groups is 1. The summed E-state index contributed by atoms with van der Waals surface area (Å²) in [5, 5.41) is 11.8. The molecule has 0 aliphatic carbocycles. The first-order valence-electron chi connectivity index (χ1n) is 11.1. The van der Waals surface area contributed by atoms with Crippen LogP contribution in [0.2, 0.25) is 0 Å². The van der Waals surface area contributed by atoms with Gasteiger partial charge in [-0.25, -0.2) is 0 Å². The van der Waals surface area contributed by atoms with Gasteiger partial charge in [0.25, 0.3) is 5.69 Å². The minimum atomic E-state index is -0.427. The molecule has 0 radical (unpaired) electrons. The van der Waals surface area contributed by atoms with Crippen molar-refractivity contribution in [3.8, 4) is 0 Å². The van der Waals surface area contributed by atoms with E-state index in [-0.39, 0.29) is 17.4 Å². The molecule has 8 heteroatoms. The van der Waals surface area contributed by atoms with Gasteiger partial charge in [-0.05, 0) is 32.4 Å². The molecule has 0 bridgehead atoms. The number of nitro benzene ring substituents is 1. The van der Waals surface area contributed by atoms with Gasteiger partial charge >= 0.3 is 0 Å². The first-order valence-corrected chi connectivity index (χ1v) is 11.1. The van der Waals surface area contributed by atoms with Crippen molar-refractivity contribution in [2.24, 2.45) is 0 Å². The SMILES string of the molecule is CCN(CC)C(=O)CN1CCCN(c2ccc(C(=O)c3ccccc3)cc2[N+](=O)[O-])CC1. The topological polar surface area (TPSA) is 87.0 Å². The minimum Gasteiger partial charge on any atom is -0.365 e. The number of benzene rings is 2. The number of amides is 1. The number of nitrogens with zero attached hydrogens (tertiary/aromatic N) is 4. The average molecular weight is 439 g/mol. The second-order valence-corrected chi connectivity index (χ2v) is 7.84. The van der Waals surface area contributed by atoms with Crippen LogP contribution in [0.3, 0.4) is 0 Å². The van der Waals surface area contributed by atoms with Crippen LogP contribution in [0.15, 0.2) is 48.5 Å². The van der Waals surface area contributed by atoms with Crippen molar-refractivity contribution in [2.75, 3.05) is 50.7 Å². The van der Waals surface area contributed by atoms with Gasteiger partial charge in [0.15, 0.2) is 5.78 Å². The maximum absolute atomic E-state index is 12.7. The lowest BCUT2D eigenvalue weighted by atomic mass is 10.0. The summed E-state index contributed by atoms with van der Waals surface area (Å²) in [6, 6.07) is 13.5. The monoisotopic (exact) mass is 438 g/mol. The van der Waals surface area contributed by atoms with Crippen LogP contribution in [-0.4, -0.2) is 72.2 Å². The fraction of sp³-hybridized carbons (Fsp3) is 0.417. The highest BCUT2D eigenvalue weighted by molar-refractivity contribution is 6.09. The molecule has 0 atom stereocenters. The molecule has 1 aliphatic heterocycles. The van der Waals surface area contributed by atoms with E-state index in [0.717, 1.165) is 13.0 Å². The van der Waals surface area contributed by atoms with E-state index in [0.29, 0.717) is 56.1 Å². The molecule has 0 N–H and O–H groups in total. The predicted octanol–water partition coefficient (Wildman–Crippen LogP) is 3.21. The highest BCUT2D eigenvalue weighted by atomic mass is 16.6. The summed E-state index contributed by atoms with van der Waals surface area (Å²) in [6.45, 7) is 8.33. The summed E-state index contributed by atoms with van der Waals surface area (Å²) in [7, 11) is 0. The molecule has 0 saturated carbocycles. The van der Waals surface area contributed by atoms with Crippen molar-refractivity contribution in [3.05, 3.63) is 69.8 Å². The van der Waals surface area contributed by atoms with E-state index >= 15 is 0 Å².